The monoisotopic (exact) mass is 812 g/mol. The molecule has 0 saturated carbocycles. The Hall–Kier alpha value is -5.16. The Morgan fingerprint density at radius 3 is 2.29 bits per heavy atom. The lowest BCUT2D eigenvalue weighted by Gasteiger charge is -2.38. The van der Waals surface area contributed by atoms with Gasteiger partial charge in [-0.25, -0.2) is 0 Å². The number of carbonyl (C=O) groups is 3. The van der Waals surface area contributed by atoms with Crippen molar-refractivity contribution in [2.45, 2.75) is 92.5 Å². The number of amides is 1. The number of benzene rings is 2. The van der Waals surface area contributed by atoms with Crippen LogP contribution in [0, 0.1) is 30.6 Å². The molecule has 3 heterocycles. The number of methoxy groups -OCH3 is 1. The third-order valence-corrected chi connectivity index (χ3v) is 10.8. The predicted molar refractivity (Wildman–Crippen MR) is 214 cm³/mol. The average Bonchev–Trinajstić information content (AvgIpc) is 3.45. The lowest BCUT2D eigenvalue weighted by molar-refractivity contribution is -0.160. The highest BCUT2D eigenvalue weighted by Gasteiger charge is 2.50. The third kappa shape index (κ3) is 9.25. The number of Topliss-reactive ketones (excluding diaryl/α,β-unsaturated/α-hetero) is 1. The Labute approximate surface area is 337 Å². The molecular weight excluding hydrogens is 756 g/mol. The van der Waals surface area contributed by atoms with Crippen LogP contribution in [-0.4, -0.2) is 107 Å². The summed E-state index contributed by atoms with van der Waals surface area (Å²) in [5.41, 5.74) is -0.688. The number of carbonyl (C=O) groups excluding carboxylic acids is 3. The van der Waals surface area contributed by atoms with E-state index in [4.69, 9.17) is 28.5 Å². The molecule has 9 unspecified atom stereocenters. The van der Waals surface area contributed by atoms with Crippen molar-refractivity contribution in [3.63, 3.8) is 0 Å². The first-order chi connectivity index (χ1) is 27.3. The molecule has 0 saturated heterocycles. The van der Waals surface area contributed by atoms with Crippen LogP contribution in [0.2, 0.25) is 0 Å². The van der Waals surface area contributed by atoms with Crippen molar-refractivity contribution in [2.24, 2.45) is 28.8 Å². The van der Waals surface area contributed by atoms with Crippen LogP contribution < -0.4 is 10.1 Å². The van der Waals surface area contributed by atoms with E-state index in [9.17, 15) is 39.9 Å². The van der Waals surface area contributed by atoms with Gasteiger partial charge in [0, 0.05) is 67.8 Å². The SMILES string of the molecule is CCOCCO/N=C/c1c2c(O)c3c(O)c(C)c4c(c3c1O)C(=O)C(C)(O/C=C/C(OC)C(C)C(OC(C)=O)C(C)C(O)C(C)C(O)C(C)/C=C/C=C(\C)C(=O)N2)O4. The van der Waals surface area contributed by atoms with E-state index in [-0.39, 0.29) is 57.7 Å². The second kappa shape index (κ2) is 19.1. The fourth-order valence-corrected chi connectivity index (χ4v) is 7.26. The van der Waals surface area contributed by atoms with Gasteiger partial charge in [0.15, 0.2) is 5.75 Å². The van der Waals surface area contributed by atoms with Gasteiger partial charge in [-0.1, -0.05) is 51.1 Å². The van der Waals surface area contributed by atoms with Gasteiger partial charge in [-0.15, -0.1) is 0 Å². The number of rotatable bonds is 8. The Morgan fingerprint density at radius 2 is 1.66 bits per heavy atom. The Bertz CT molecular complexity index is 1990. The van der Waals surface area contributed by atoms with Crippen molar-refractivity contribution >= 4 is 40.3 Å². The number of esters is 1. The molecule has 16 nitrogen and oxygen atoms in total. The molecular formula is C42H56N2O14. The first-order valence-electron chi connectivity index (χ1n) is 19.1. The van der Waals surface area contributed by atoms with Gasteiger partial charge in [0.25, 0.3) is 11.7 Å². The predicted octanol–water partition coefficient (Wildman–Crippen LogP) is 5.14. The molecule has 3 aliphatic heterocycles. The highest BCUT2D eigenvalue weighted by atomic mass is 16.7. The number of ether oxygens (including phenoxy) is 5. The molecule has 3 aliphatic rings. The normalized spacial score (nSPS) is 30.4. The summed E-state index contributed by atoms with van der Waals surface area (Å²) in [6.45, 7) is 14.9. The summed E-state index contributed by atoms with van der Waals surface area (Å²) in [6, 6.07) is 0. The zero-order valence-corrected chi connectivity index (χ0v) is 34.6. The van der Waals surface area contributed by atoms with E-state index in [0.29, 0.717) is 6.61 Å². The van der Waals surface area contributed by atoms with Crippen molar-refractivity contribution in [1.82, 2.24) is 0 Å². The molecule has 0 aromatic heterocycles. The minimum Gasteiger partial charge on any atom is -0.507 e. The molecule has 318 valence electrons. The van der Waals surface area contributed by atoms with E-state index in [1.165, 1.54) is 53.2 Å². The van der Waals surface area contributed by atoms with Gasteiger partial charge in [0.2, 0.25) is 0 Å². The number of aromatic hydroxyl groups is 3. The first kappa shape index (κ1) is 45.5. The van der Waals surface area contributed by atoms with Gasteiger partial charge >= 0.3 is 11.8 Å². The quantitative estimate of drug-likeness (QED) is 0.0506. The van der Waals surface area contributed by atoms with E-state index in [2.05, 4.69) is 10.5 Å². The van der Waals surface area contributed by atoms with Crippen molar-refractivity contribution in [2.75, 3.05) is 32.2 Å². The second-order valence-corrected chi connectivity index (χ2v) is 14.9. The van der Waals surface area contributed by atoms with E-state index < -0.39 is 88.8 Å². The number of ketones is 1. The molecule has 1 amide bonds. The highest BCUT2D eigenvalue weighted by Crippen LogP contribution is 2.55. The molecule has 2 aromatic carbocycles. The standard InChI is InChI=1S/C42H56N2O14/c1-11-54-17-18-56-43-19-27-32-37(50)30-29(36(27)49)31-39(25(7)35(30)48)58-42(9,40(31)51)55-16-15-28(53-10)22(4)38(57-26(8)45)24(6)34(47)23(5)33(46)20(2)13-12-14-21(3)41(52)44-32/h12-16,19-20,22-24,28,33-34,38,46-50H,11,17-18H2,1-10H3,(H,44,52)/b13-12+,16-15+,21-14+,43-19+. The lowest BCUT2D eigenvalue weighted by atomic mass is 9.78. The third-order valence-electron chi connectivity index (χ3n) is 10.8. The maximum absolute atomic E-state index is 14.3. The highest BCUT2D eigenvalue weighted by molar-refractivity contribution is 6.23. The minimum absolute atomic E-state index is 0.0252. The first-order valence-corrected chi connectivity index (χ1v) is 19.1. The van der Waals surface area contributed by atoms with Crippen LogP contribution in [0.25, 0.3) is 10.8 Å². The fourth-order valence-electron chi connectivity index (χ4n) is 7.26. The largest absolute Gasteiger partial charge is 0.507 e. The number of fused-ring (bicyclic) bond motifs is 14. The zero-order chi connectivity index (χ0) is 43.2. The summed E-state index contributed by atoms with van der Waals surface area (Å²) in [7, 11) is 1.42. The number of hydrogen-bond donors (Lipinski definition) is 6. The summed E-state index contributed by atoms with van der Waals surface area (Å²) >= 11 is 0. The van der Waals surface area contributed by atoms with E-state index in [1.807, 2.05) is 6.92 Å². The van der Waals surface area contributed by atoms with Gasteiger partial charge in [-0.3, -0.25) is 14.4 Å². The van der Waals surface area contributed by atoms with E-state index in [1.54, 1.807) is 39.8 Å². The minimum atomic E-state index is -2.07. The zero-order valence-electron chi connectivity index (χ0n) is 34.6. The summed E-state index contributed by atoms with van der Waals surface area (Å²) in [5.74, 6) is -8.74. The molecule has 5 bridgehead atoms. The summed E-state index contributed by atoms with van der Waals surface area (Å²) in [4.78, 5) is 45.5. The summed E-state index contributed by atoms with van der Waals surface area (Å²) < 4.78 is 28.7. The number of allylic oxidation sites excluding steroid dienone is 2. The lowest BCUT2D eigenvalue weighted by Crippen LogP contribution is -2.46. The van der Waals surface area contributed by atoms with Gasteiger partial charge < -0.3 is 59.4 Å². The van der Waals surface area contributed by atoms with Gasteiger partial charge in [0.1, 0.15) is 30.0 Å². The molecule has 2 aromatic rings. The van der Waals surface area contributed by atoms with Crippen LogP contribution in [0.15, 0.2) is 41.3 Å². The topological polar surface area (TPSA) is 232 Å². The maximum atomic E-state index is 14.3. The molecule has 58 heavy (non-hydrogen) atoms. The number of aliphatic hydroxyl groups excluding tert-OH is 2. The maximum Gasteiger partial charge on any atom is 0.312 e. The molecule has 0 radical (unpaired) electrons. The fraction of sp³-hybridized carbons (Fsp3) is 0.524. The van der Waals surface area contributed by atoms with Crippen molar-refractivity contribution < 1.29 is 68.4 Å². The van der Waals surface area contributed by atoms with E-state index in [0.717, 1.165) is 6.21 Å². The number of aliphatic hydroxyl groups is 2. The number of oxime groups is 1. The number of hydrogen-bond acceptors (Lipinski definition) is 15. The molecule has 0 fully saturated rings. The average molecular weight is 813 g/mol. The van der Waals surface area contributed by atoms with Gasteiger partial charge in [-0.05, 0) is 26.8 Å². The second-order valence-electron chi connectivity index (χ2n) is 14.9. The van der Waals surface area contributed by atoms with E-state index >= 15 is 0 Å². The summed E-state index contributed by atoms with van der Waals surface area (Å²) in [5, 5.41) is 63.7. The Balaban J connectivity index is 1.95. The Kier molecular flexibility index (Phi) is 15.0. The van der Waals surface area contributed by atoms with Gasteiger partial charge in [-0.2, -0.15) is 0 Å². The van der Waals surface area contributed by atoms with Crippen molar-refractivity contribution in [3.8, 4) is 23.0 Å². The molecule has 0 spiro atoms. The number of nitrogens with zero attached hydrogens (tertiary/aromatic N) is 1. The van der Waals surface area contributed by atoms with Crippen LogP contribution in [0.5, 0.6) is 23.0 Å². The van der Waals surface area contributed by atoms with Crippen LogP contribution in [0.1, 0.15) is 76.9 Å². The number of phenols is 3. The van der Waals surface area contributed by atoms with Gasteiger partial charge in [0.05, 0.1) is 59.6 Å². The van der Waals surface area contributed by atoms with Crippen molar-refractivity contribution in [1.29, 1.82) is 0 Å². The summed E-state index contributed by atoms with van der Waals surface area (Å²) in [6.07, 6.45) is 4.43. The van der Waals surface area contributed by atoms with Crippen LogP contribution in [0.4, 0.5) is 5.69 Å². The molecule has 16 heteroatoms. The molecule has 5 rings (SSSR count). The number of anilines is 1. The van der Waals surface area contributed by atoms with Crippen LogP contribution in [-0.2, 0) is 33.4 Å². The van der Waals surface area contributed by atoms with Crippen molar-refractivity contribution in [3.05, 3.63) is 52.8 Å². The number of phenolic OH excluding ortho intramolecular Hbond substituents is 3. The molecule has 6 N–H and O–H groups in total. The van der Waals surface area contributed by atoms with Crippen LogP contribution in [0.3, 0.4) is 0 Å². The number of nitrogens with one attached hydrogen (secondary N) is 1. The molecule has 9 atom stereocenters. The van der Waals surface area contributed by atoms with Crippen LogP contribution >= 0.6 is 0 Å². The Morgan fingerprint density at radius 1 is 0.966 bits per heavy atom. The molecule has 0 aliphatic carbocycles. The smallest absolute Gasteiger partial charge is 0.312 e.